The molecule has 1 aliphatic rings. The van der Waals surface area contributed by atoms with Crippen LogP contribution in [0, 0.1) is 0 Å². The second-order valence-electron chi connectivity index (χ2n) is 5.74. The van der Waals surface area contributed by atoms with Crippen LogP contribution in [0.25, 0.3) is 0 Å². The van der Waals surface area contributed by atoms with Gasteiger partial charge in [-0.2, -0.15) is 0 Å². The molecule has 6 nitrogen and oxygen atoms in total. The van der Waals surface area contributed by atoms with Crippen molar-refractivity contribution >= 4 is 5.82 Å². The predicted octanol–water partition coefficient (Wildman–Crippen LogP) is 2.13. The Morgan fingerprint density at radius 2 is 2.27 bits per heavy atom. The van der Waals surface area contributed by atoms with Gasteiger partial charge in [0.25, 0.3) is 0 Å². The number of imidazole rings is 1. The van der Waals surface area contributed by atoms with E-state index in [1.165, 1.54) is 0 Å². The van der Waals surface area contributed by atoms with Crippen molar-refractivity contribution in [2.24, 2.45) is 7.05 Å². The van der Waals surface area contributed by atoms with E-state index in [-0.39, 0.29) is 0 Å². The number of anilines is 1. The largest absolute Gasteiger partial charge is 0.381 e. The lowest BCUT2D eigenvalue weighted by Gasteiger charge is -2.23. The number of nitrogens with zero attached hydrogens (tertiary/aromatic N) is 5. The van der Waals surface area contributed by atoms with E-state index in [9.17, 15) is 0 Å². The SMILES string of the molecule is CCCN(Cc1nccn1C)c1cc([C@@H]2CCOC2)ncn1. The summed E-state index contributed by atoms with van der Waals surface area (Å²) in [7, 11) is 2.02. The molecule has 22 heavy (non-hydrogen) atoms. The highest BCUT2D eigenvalue weighted by molar-refractivity contribution is 5.40. The minimum Gasteiger partial charge on any atom is -0.381 e. The van der Waals surface area contributed by atoms with Crippen molar-refractivity contribution in [1.29, 1.82) is 0 Å². The van der Waals surface area contributed by atoms with Crippen LogP contribution in [0.3, 0.4) is 0 Å². The van der Waals surface area contributed by atoms with E-state index in [4.69, 9.17) is 4.74 Å². The van der Waals surface area contributed by atoms with Crippen LogP contribution in [0.15, 0.2) is 24.8 Å². The molecule has 2 aromatic heterocycles. The average Bonchev–Trinajstić information content (AvgIpc) is 3.19. The summed E-state index contributed by atoms with van der Waals surface area (Å²) < 4.78 is 7.52. The van der Waals surface area contributed by atoms with Crippen LogP contribution >= 0.6 is 0 Å². The fourth-order valence-electron chi connectivity index (χ4n) is 2.79. The minimum absolute atomic E-state index is 0.401. The van der Waals surface area contributed by atoms with Crippen molar-refractivity contribution in [1.82, 2.24) is 19.5 Å². The molecule has 0 aromatic carbocycles. The van der Waals surface area contributed by atoms with Crippen molar-refractivity contribution < 1.29 is 4.74 Å². The number of ether oxygens (including phenoxy) is 1. The first-order chi connectivity index (χ1) is 10.8. The standard InChI is InChI=1S/C16H23N5O/c1-3-6-21(10-16-17-5-7-20(16)2)15-9-14(18-12-19-15)13-4-8-22-11-13/h5,7,9,12-13H,3-4,6,8,10-11H2,1-2H3/t13-/m1/s1. The summed E-state index contributed by atoms with van der Waals surface area (Å²) in [4.78, 5) is 15.6. The molecular weight excluding hydrogens is 278 g/mol. The van der Waals surface area contributed by atoms with Gasteiger partial charge >= 0.3 is 0 Å². The van der Waals surface area contributed by atoms with Crippen molar-refractivity contribution in [2.45, 2.75) is 32.2 Å². The number of hydrogen-bond acceptors (Lipinski definition) is 5. The van der Waals surface area contributed by atoms with Gasteiger partial charge in [0.2, 0.25) is 0 Å². The first kappa shape index (κ1) is 15.0. The molecule has 118 valence electrons. The summed E-state index contributed by atoms with van der Waals surface area (Å²) in [6, 6.07) is 2.11. The third-order valence-electron chi connectivity index (χ3n) is 4.09. The van der Waals surface area contributed by atoms with E-state index in [1.54, 1.807) is 6.33 Å². The molecule has 1 aliphatic heterocycles. The van der Waals surface area contributed by atoms with Gasteiger partial charge in [0, 0.05) is 44.6 Å². The molecule has 0 N–H and O–H groups in total. The van der Waals surface area contributed by atoms with E-state index in [1.807, 2.05) is 19.4 Å². The third kappa shape index (κ3) is 3.27. The molecule has 1 atom stereocenters. The van der Waals surface area contributed by atoms with E-state index in [2.05, 4.69) is 37.4 Å². The van der Waals surface area contributed by atoms with Gasteiger partial charge in [-0.15, -0.1) is 0 Å². The highest BCUT2D eigenvalue weighted by atomic mass is 16.5. The molecular formula is C16H23N5O. The Balaban J connectivity index is 1.81. The maximum absolute atomic E-state index is 5.47. The molecule has 3 heterocycles. The minimum atomic E-state index is 0.401. The zero-order chi connectivity index (χ0) is 15.4. The zero-order valence-electron chi connectivity index (χ0n) is 13.3. The Bertz CT molecular complexity index is 606. The summed E-state index contributed by atoms with van der Waals surface area (Å²) in [6.45, 7) is 5.48. The Hall–Kier alpha value is -1.95. The van der Waals surface area contributed by atoms with Gasteiger partial charge < -0.3 is 14.2 Å². The number of hydrogen-bond donors (Lipinski definition) is 0. The third-order valence-corrected chi connectivity index (χ3v) is 4.09. The predicted molar refractivity (Wildman–Crippen MR) is 84.8 cm³/mol. The van der Waals surface area contributed by atoms with Crippen molar-refractivity contribution in [3.8, 4) is 0 Å². The van der Waals surface area contributed by atoms with Gasteiger partial charge in [-0.3, -0.25) is 0 Å². The molecule has 0 spiro atoms. The van der Waals surface area contributed by atoms with Gasteiger partial charge in [-0.25, -0.2) is 15.0 Å². The highest BCUT2D eigenvalue weighted by Gasteiger charge is 2.20. The van der Waals surface area contributed by atoms with Gasteiger partial charge in [-0.1, -0.05) is 6.92 Å². The molecule has 0 bridgehead atoms. The molecule has 0 aliphatic carbocycles. The van der Waals surface area contributed by atoms with E-state index in [0.717, 1.165) is 56.5 Å². The van der Waals surface area contributed by atoms with Crippen LogP contribution in [0.4, 0.5) is 5.82 Å². The molecule has 6 heteroatoms. The summed E-state index contributed by atoms with van der Waals surface area (Å²) in [5.41, 5.74) is 1.09. The summed E-state index contributed by atoms with van der Waals surface area (Å²) in [6.07, 6.45) is 7.59. The van der Waals surface area contributed by atoms with E-state index in [0.29, 0.717) is 5.92 Å². The molecule has 0 radical (unpaired) electrons. The van der Waals surface area contributed by atoms with Gasteiger partial charge in [0.05, 0.1) is 18.8 Å². The Morgan fingerprint density at radius 3 is 2.95 bits per heavy atom. The lowest BCUT2D eigenvalue weighted by molar-refractivity contribution is 0.193. The maximum Gasteiger partial charge on any atom is 0.132 e. The maximum atomic E-state index is 5.47. The van der Waals surface area contributed by atoms with Crippen LogP contribution in [-0.4, -0.2) is 39.3 Å². The Morgan fingerprint density at radius 1 is 1.36 bits per heavy atom. The average molecular weight is 301 g/mol. The van der Waals surface area contributed by atoms with E-state index >= 15 is 0 Å². The normalized spacial score (nSPS) is 17.8. The highest BCUT2D eigenvalue weighted by Crippen LogP contribution is 2.25. The number of aryl methyl sites for hydroxylation is 1. The fourth-order valence-corrected chi connectivity index (χ4v) is 2.79. The summed E-state index contributed by atoms with van der Waals surface area (Å²) >= 11 is 0. The van der Waals surface area contributed by atoms with Crippen molar-refractivity contribution in [3.63, 3.8) is 0 Å². The zero-order valence-corrected chi connectivity index (χ0v) is 13.3. The van der Waals surface area contributed by atoms with Crippen LogP contribution in [0.1, 0.15) is 37.2 Å². The number of aromatic nitrogens is 4. The first-order valence-electron chi connectivity index (χ1n) is 7.88. The summed E-state index contributed by atoms with van der Waals surface area (Å²) in [5.74, 6) is 2.41. The van der Waals surface area contributed by atoms with Crippen LogP contribution in [0.5, 0.6) is 0 Å². The van der Waals surface area contributed by atoms with Crippen molar-refractivity contribution in [3.05, 3.63) is 36.3 Å². The van der Waals surface area contributed by atoms with Gasteiger partial charge in [0.15, 0.2) is 0 Å². The molecule has 1 fully saturated rings. The topological polar surface area (TPSA) is 56.1 Å². The van der Waals surface area contributed by atoms with Crippen LogP contribution in [-0.2, 0) is 18.3 Å². The van der Waals surface area contributed by atoms with E-state index < -0.39 is 0 Å². The second kappa shape index (κ2) is 6.87. The smallest absolute Gasteiger partial charge is 0.132 e. The summed E-state index contributed by atoms with van der Waals surface area (Å²) in [5, 5.41) is 0. The quantitative estimate of drug-likeness (QED) is 0.818. The first-order valence-corrected chi connectivity index (χ1v) is 7.88. The van der Waals surface area contributed by atoms with Crippen LogP contribution in [0.2, 0.25) is 0 Å². The Labute approximate surface area is 131 Å². The molecule has 1 saturated heterocycles. The van der Waals surface area contributed by atoms with Gasteiger partial charge in [0.1, 0.15) is 18.0 Å². The monoisotopic (exact) mass is 301 g/mol. The van der Waals surface area contributed by atoms with Crippen molar-refractivity contribution in [2.75, 3.05) is 24.7 Å². The van der Waals surface area contributed by atoms with Gasteiger partial charge in [-0.05, 0) is 12.8 Å². The lowest BCUT2D eigenvalue weighted by atomic mass is 10.0. The fraction of sp³-hybridized carbons (Fsp3) is 0.562. The number of rotatable bonds is 6. The second-order valence-corrected chi connectivity index (χ2v) is 5.74. The molecule has 0 saturated carbocycles. The molecule has 0 amide bonds. The Kier molecular flexibility index (Phi) is 4.68. The molecule has 2 aromatic rings. The van der Waals surface area contributed by atoms with Crippen LogP contribution < -0.4 is 4.90 Å². The lowest BCUT2D eigenvalue weighted by Crippen LogP contribution is -2.26. The molecule has 3 rings (SSSR count). The molecule has 0 unspecified atom stereocenters.